The molecule has 0 N–H and O–H groups in total. The van der Waals surface area contributed by atoms with E-state index in [1.807, 2.05) is 18.2 Å². The lowest BCUT2D eigenvalue weighted by Gasteiger charge is -1.96. The Morgan fingerprint density at radius 3 is 2.89 bits per heavy atom. The first kappa shape index (κ1) is 12.0. The van der Waals surface area contributed by atoms with Crippen LogP contribution in [-0.2, 0) is 6.54 Å². The summed E-state index contributed by atoms with van der Waals surface area (Å²) in [6.45, 7) is 0.248. The van der Waals surface area contributed by atoms with E-state index in [0.29, 0.717) is 0 Å². The van der Waals surface area contributed by atoms with Crippen molar-refractivity contribution < 1.29 is 4.74 Å². The predicted molar refractivity (Wildman–Crippen MR) is 68.5 cm³/mol. The number of hydrogen-bond acceptors (Lipinski definition) is 6. The fourth-order valence-electron chi connectivity index (χ4n) is 1.39. The molecule has 0 saturated heterocycles. The fraction of sp³-hybridized carbons (Fsp3) is 0.167. The molecule has 1 aromatic heterocycles. The second-order valence-corrected chi connectivity index (χ2v) is 4.44. The summed E-state index contributed by atoms with van der Waals surface area (Å²) in [6.07, 6.45) is 0. The highest BCUT2D eigenvalue weighted by atomic mass is 32.1. The number of aromatic nitrogens is 1. The first-order valence-electron chi connectivity index (χ1n) is 5.05. The second kappa shape index (κ2) is 5.26. The minimum Gasteiger partial charge on any atom is -0.497 e. The van der Waals surface area contributed by atoms with E-state index in [2.05, 4.69) is 9.98 Å². The van der Waals surface area contributed by atoms with Gasteiger partial charge in [-0.3, -0.25) is 4.99 Å². The second-order valence-electron chi connectivity index (χ2n) is 3.33. The van der Waals surface area contributed by atoms with Crippen molar-refractivity contribution in [3.8, 4) is 17.9 Å². The zero-order valence-corrected chi connectivity index (χ0v) is 10.4. The minimum atomic E-state index is -0.133. The Hall–Kier alpha value is -2.44. The molecule has 0 fully saturated rings. The maximum Gasteiger partial charge on any atom is 0.213 e. The van der Waals surface area contributed by atoms with E-state index in [0.717, 1.165) is 21.0 Å². The zero-order valence-electron chi connectivity index (χ0n) is 9.54. The van der Waals surface area contributed by atoms with Crippen LogP contribution in [0.5, 0.6) is 5.75 Å². The first-order chi connectivity index (χ1) is 8.76. The van der Waals surface area contributed by atoms with Gasteiger partial charge < -0.3 is 4.74 Å². The number of aliphatic imine (C=N–C) groups is 1. The standard InChI is InChI=1S/C12H8N4OS/c1-17-9-2-3-10-11(4-9)18-12(16-10)7-15-8(5-13)6-14/h2-4H,7H2,1H3. The summed E-state index contributed by atoms with van der Waals surface area (Å²) < 4.78 is 6.13. The molecule has 0 unspecified atom stereocenters. The van der Waals surface area contributed by atoms with Crippen LogP contribution in [0.25, 0.3) is 10.2 Å². The molecule has 0 spiro atoms. The molecule has 0 saturated carbocycles. The van der Waals surface area contributed by atoms with Crippen molar-refractivity contribution in [1.29, 1.82) is 10.5 Å². The third-order valence-corrected chi connectivity index (χ3v) is 3.23. The summed E-state index contributed by atoms with van der Waals surface area (Å²) in [5.74, 6) is 0.774. The molecule has 0 aliphatic heterocycles. The van der Waals surface area contributed by atoms with Crippen LogP contribution in [0, 0.1) is 22.7 Å². The largest absolute Gasteiger partial charge is 0.497 e. The average molecular weight is 256 g/mol. The van der Waals surface area contributed by atoms with Gasteiger partial charge in [-0.2, -0.15) is 10.5 Å². The number of benzene rings is 1. The topological polar surface area (TPSA) is 82.1 Å². The summed E-state index contributed by atoms with van der Waals surface area (Å²) in [6, 6.07) is 9.04. The van der Waals surface area contributed by atoms with Crippen LogP contribution in [0.4, 0.5) is 0 Å². The molecule has 2 aromatic rings. The Labute approximate surface area is 108 Å². The van der Waals surface area contributed by atoms with Crippen molar-refractivity contribution in [1.82, 2.24) is 4.98 Å². The van der Waals surface area contributed by atoms with Gasteiger partial charge in [-0.25, -0.2) is 4.98 Å². The number of thiazole rings is 1. The van der Waals surface area contributed by atoms with E-state index in [9.17, 15) is 0 Å². The maximum atomic E-state index is 8.58. The maximum absolute atomic E-state index is 8.58. The lowest BCUT2D eigenvalue weighted by atomic mass is 10.3. The van der Waals surface area contributed by atoms with Crippen molar-refractivity contribution in [2.24, 2.45) is 4.99 Å². The van der Waals surface area contributed by atoms with Crippen LogP contribution in [0.15, 0.2) is 23.2 Å². The van der Waals surface area contributed by atoms with Crippen LogP contribution in [0.3, 0.4) is 0 Å². The molecular formula is C12H8N4OS. The van der Waals surface area contributed by atoms with Crippen molar-refractivity contribution in [2.75, 3.05) is 7.11 Å². The molecule has 0 bridgehead atoms. The average Bonchev–Trinajstić information content (AvgIpc) is 2.81. The summed E-state index contributed by atoms with van der Waals surface area (Å²) in [5.41, 5.74) is 0.730. The highest BCUT2D eigenvalue weighted by Gasteiger charge is 2.05. The summed E-state index contributed by atoms with van der Waals surface area (Å²) in [7, 11) is 1.61. The molecule has 18 heavy (non-hydrogen) atoms. The lowest BCUT2D eigenvalue weighted by molar-refractivity contribution is 0.415. The van der Waals surface area contributed by atoms with Crippen molar-refractivity contribution in [3.63, 3.8) is 0 Å². The number of hydrogen-bond donors (Lipinski definition) is 0. The summed E-state index contributed by atoms with van der Waals surface area (Å²) in [4.78, 5) is 8.25. The van der Waals surface area contributed by atoms with Gasteiger partial charge in [-0.1, -0.05) is 0 Å². The zero-order chi connectivity index (χ0) is 13.0. The molecular weight excluding hydrogens is 248 g/mol. The first-order valence-corrected chi connectivity index (χ1v) is 5.86. The van der Waals surface area contributed by atoms with Crippen molar-refractivity contribution in [3.05, 3.63) is 23.2 Å². The van der Waals surface area contributed by atoms with E-state index in [4.69, 9.17) is 15.3 Å². The number of fused-ring (bicyclic) bond motifs is 1. The third-order valence-electron chi connectivity index (χ3n) is 2.22. The Balaban J connectivity index is 2.29. The van der Waals surface area contributed by atoms with Crippen LogP contribution in [-0.4, -0.2) is 17.8 Å². The normalized spacial score (nSPS) is 9.50. The fourth-order valence-corrected chi connectivity index (χ4v) is 2.31. The van der Waals surface area contributed by atoms with E-state index >= 15 is 0 Å². The van der Waals surface area contributed by atoms with Crippen LogP contribution in [0.2, 0.25) is 0 Å². The Morgan fingerprint density at radius 2 is 2.22 bits per heavy atom. The monoisotopic (exact) mass is 256 g/mol. The quantitative estimate of drug-likeness (QED) is 0.789. The van der Waals surface area contributed by atoms with Crippen molar-refractivity contribution in [2.45, 2.75) is 6.54 Å². The highest BCUT2D eigenvalue weighted by molar-refractivity contribution is 7.18. The van der Waals surface area contributed by atoms with E-state index in [1.54, 1.807) is 19.2 Å². The Kier molecular flexibility index (Phi) is 3.52. The molecule has 0 amide bonds. The number of nitriles is 2. The lowest BCUT2D eigenvalue weighted by Crippen LogP contribution is -1.89. The van der Waals surface area contributed by atoms with Gasteiger partial charge in [0, 0.05) is 0 Å². The third kappa shape index (κ3) is 2.45. The van der Waals surface area contributed by atoms with Gasteiger partial charge in [0.05, 0.1) is 23.9 Å². The Bertz CT molecular complexity index is 674. The molecule has 0 aliphatic rings. The van der Waals surface area contributed by atoms with Crippen LogP contribution in [0.1, 0.15) is 5.01 Å². The Morgan fingerprint density at radius 1 is 1.44 bits per heavy atom. The van der Waals surface area contributed by atoms with Gasteiger partial charge in [0.25, 0.3) is 0 Å². The molecule has 6 heteroatoms. The smallest absolute Gasteiger partial charge is 0.213 e. The van der Waals surface area contributed by atoms with Crippen molar-refractivity contribution >= 4 is 27.3 Å². The van der Waals surface area contributed by atoms with E-state index in [-0.39, 0.29) is 12.3 Å². The molecule has 1 aromatic carbocycles. The molecule has 0 radical (unpaired) electrons. The van der Waals surface area contributed by atoms with E-state index in [1.165, 1.54) is 11.3 Å². The number of ether oxygens (including phenoxy) is 1. The highest BCUT2D eigenvalue weighted by Crippen LogP contribution is 2.26. The summed E-state index contributed by atoms with van der Waals surface area (Å²) in [5, 5.41) is 17.9. The van der Waals surface area contributed by atoms with Crippen LogP contribution >= 0.6 is 11.3 Å². The molecule has 2 rings (SSSR count). The molecule has 5 nitrogen and oxygen atoms in total. The van der Waals surface area contributed by atoms with Crippen LogP contribution < -0.4 is 4.74 Å². The minimum absolute atomic E-state index is 0.133. The molecule has 88 valence electrons. The van der Waals surface area contributed by atoms with Gasteiger partial charge in [-0.15, -0.1) is 11.3 Å². The molecule has 0 aliphatic carbocycles. The number of methoxy groups -OCH3 is 1. The molecule has 0 atom stereocenters. The number of nitrogens with zero attached hydrogens (tertiary/aromatic N) is 4. The SMILES string of the molecule is COc1ccc2nc(CN=C(C#N)C#N)sc2c1. The van der Waals surface area contributed by atoms with Gasteiger partial charge in [-0.05, 0) is 18.2 Å². The van der Waals surface area contributed by atoms with E-state index < -0.39 is 0 Å². The summed E-state index contributed by atoms with van der Waals surface area (Å²) >= 11 is 1.47. The van der Waals surface area contributed by atoms with Gasteiger partial charge in [0.15, 0.2) is 0 Å². The number of rotatable bonds is 3. The predicted octanol–water partition coefficient (Wildman–Crippen LogP) is 2.29. The van der Waals surface area contributed by atoms with Gasteiger partial charge in [0.1, 0.15) is 22.9 Å². The van der Waals surface area contributed by atoms with Gasteiger partial charge in [0.2, 0.25) is 5.71 Å². The molecule has 1 heterocycles. The van der Waals surface area contributed by atoms with Gasteiger partial charge >= 0.3 is 0 Å².